The Balaban J connectivity index is 2.00. The molecular formula is C16H17Cl2NO. The van der Waals surface area contributed by atoms with E-state index < -0.39 is 0 Å². The van der Waals surface area contributed by atoms with E-state index in [1.807, 2.05) is 36.4 Å². The van der Waals surface area contributed by atoms with Gasteiger partial charge in [-0.15, -0.1) is 0 Å². The maximum Gasteiger partial charge on any atom is 0.119 e. The van der Waals surface area contributed by atoms with Crippen molar-refractivity contribution in [1.29, 1.82) is 0 Å². The van der Waals surface area contributed by atoms with Gasteiger partial charge in [0, 0.05) is 12.6 Å². The summed E-state index contributed by atoms with van der Waals surface area (Å²) < 4.78 is 5.24. The Morgan fingerprint density at radius 1 is 1.10 bits per heavy atom. The zero-order chi connectivity index (χ0) is 14.5. The van der Waals surface area contributed by atoms with Crippen molar-refractivity contribution < 1.29 is 4.74 Å². The third-order valence-corrected chi connectivity index (χ3v) is 3.93. The van der Waals surface area contributed by atoms with Crippen molar-refractivity contribution in [3.8, 4) is 5.75 Å². The lowest BCUT2D eigenvalue weighted by Gasteiger charge is -2.15. The van der Waals surface area contributed by atoms with Gasteiger partial charge >= 0.3 is 0 Å². The number of nitrogens with one attached hydrogen (secondary N) is 1. The maximum atomic E-state index is 6.01. The maximum absolute atomic E-state index is 6.01. The van der Waals surface area contributed by atoms with E-state index in [2.05, 4.69) is 18.3 Å². The van der Waals surface area contributed by atoms with Crippen molar-refractivity contribution in [2.75, 3.05) is 7.11 Å². The van der Waals surface area contributed by atoms with Crippen LogP contribution in [-0.2, 0) is 6.54 Å². The average Bonchev–Trinajstić information content (AvgIpc) is 2.48. The average molecular weight is 310 g/mol. The molecular weight excluding hydrogens is 293 g/mol. The molecule has 20 heavy (non-hydrogen) atoms. The third kappa shape index (κ3) is 3.89. The fourth-order valence-corrected chi connectivity index (χ4v) is 2.27. The third-order valence-electron chi connectivity index (χ3n) is 3.19. The molecule has 0 amide bonds. The van der Waals surface area contributed by atoms with Crippen molar-refractivity contribution >= 4 is 23.2 Å². The van der Waals surface area contributed by atoms with Crippen molar-refractivity contribution in [1.82, 2.24) is 5.32 Å². The van der Waals surface area contributed by atoms with E-state index in [1.165, 1.54) is 5.56 Å². The molecule has 0 aliphatic carbocycles. The second-order valence-corrected chi connectivity index (χ2v) is 5.44. The Morgan fingerprint density at radius 3 is 2.60 bits per heavy atom. The summed E-state index contributed by atoms with van der Waals surface area (Å²) in [6, 6.07) is 13.9. The first-order valence-corrected chi connectivity index (χ1v) is 7.17. The molecule has 0 spiro atoms. The van der Waals surface area contributed by atoms with Crippen LogP contribution in [-0.4, -0.2) is 7.11 Å². The van der Waals surface area contributed by atoms with Crippen molar-refractivity contribution in [2.24, 2.45) is 0 Å². The van der Waals surface area contributed by atoms with E-state index in [-0.39, 0.29) is 6.04 Å². The van der Waals surface area contributed by atoms with Gasteiger partial charge in [-0.3, -0.25) is 0 Å². The highest BCUT2D eigenvalue weighted by molar-refractivity contribution is 6.42. The molecule has 2 aromatic carbocycles. The van der Waals surface area contributed by atoms with E-state index in [0.717, 1.165) is 17.9 Å². The summed E-state index contributed by atoms with van der Waals surface area (Å²) in [5.74, 6) is 0.866. The molecule has 0 saturated carbocycles. The van der Waals surface area contributed by atoms with Crippen LogP contribution in [0.4, 0.5) is 0 Å². The minimum atomic E-state index is 0.222. The highest BCUT2D eigenvalue weighted by Gasteiger charge is 2.06. The summed E-state index contributed by atoms with van der Waals surface area (Å²) in [5.41, 5.74) is 2.29. The molecule has 4 heteroatoms. The lowest BCUT2D eigenvalue weighted by atomic mass is 10.1. The molecule has 0 heterocycles. The second kappa shape index (κ2) is 6.98. The fourth-order valence-electron chi connectivity index (χ4n) is 1.95. The normalized spacial score (nSPS) is 12.2. The molecule has 0 aliphatic rings. The van der Waals surface area contributed by atoms with E-state index in [9.17, 15) is 0 Å². The van der Waals surface area contributed by atoms with Gasteiger partial charge in [0.25, 0.3) is 0 Å². The number of hydrogen-bond acceptors (Lipinski definition) is 2. The lowest BCUT2D eigenvalue weighted by molar-refractivity contribution is 0.413. The van der Waals surface area contributed by atoms with Crippen LogP contribution in [0.3, 0.4) is 0 Å². The molecule has 0 fully saturated rings. The van der Waals surface area contributed by atoms with Gasteiger partial charge in [0.05, 0.1) is 17.2 Å². The van der Waals surface area contributed by atoms with E-state index in [1.54, 1.807) is 7.11 Å². The number of hydrogen-bond donors (Lipinski definition) is 1. The number of halogens is 2. The van der Waals surface area contributed by atoms with Crippen LogP contribution >= 0.6 is 23.2 Å². The number of benzene rings is 2. The molecule has 0 aliphatic heterocycles. The van der Waals surface area contributed by atoms with Crippen LogP contribution < -0.4 is 10.1 Å². The zero-order valence-corrected chi connectivity index (χ0v) is 13.0. The molecule has 0 bridgehead atoms. The first-order valence-electron chi connectivity index (χ1n) is 6.41. The second-order valence-electron chi connectivity index (χ2n) is 4.63. The number of ether oxygens (including phenoxy) is 1. The lowest BCUT2D eigenvalue weighted by Crippen LogP contribution is -2.18. The molecule has 0 unspecified atom stereocenters. The van der Waals surface area contributed by atoms with Crippen LogP contribution in [0.15, 0.2) is 42.5 Å². The number of rotatable bonds is 5. The van der Waals surface area contributed by atoms with Gasteiger partial charge in [-0.25, -0.2) is 0 Å². The van der Waals surface area contributed by atoms with Crippen LogP contribution in [0.5, 0.6) is 5.75 Å². The van der Waals surface area contributed by atoms with Gasteiger partial charge in [0.1, 0.15) is 5.75 Å². The van der Waals surface area contributed by atoms with E-state index in [4.69, 9.17) is 27.9 Å². The molecule has 1 atom stereocenters. The Hall–Kier alpha value is -1.22. The van der Waals surface area contributed by atoms with Crippen LogP contribution in [0.1, 0.15) is 24.1 Å². The molecule has 0 radical (unpaired) electrons. The van der Waals surface area contributed by atoms with Gasteiger partial charge in [-0.1, -0.05) is 41.4 Å². The molecule has 2 rings (SSSR count). The topological polar surface area (TPSA) is 21.3 Å². The first kappa shape index (κ1) is 15.2. The van der Waals surface area contributed by atoms with Crippen molar-refractivity contribution in [2.45, 2.75) is 19.5 Å². The highest BCUT2D eigenvalue weighted by atomic mass is 35.5. The molecule has 1 N–H and O–H groups in total. The minimum absolute atomic E-state index is 0.222. The summed E-state index contributed by atoms with van der Waals surface area (Å²) in [6.07, 6.45) is 0. The summed E-state index contributed by atoms with van der Waals surface area (Å²) in [5, 5.41) is 4.62. The van der Waals surface area contributed by atoms with Crippen LogP contribution in [0, 0.1) is 0 Å². The summed E-state index contributed by atoms with van der Waals surface area (Å²) in [6.45, 7) is 2.85. The van der Waals surface area contributed by atoms with Crippen LogP contribution in [0.2, 0.25) is 10.0 Å². The van der Waals surface area contributed by atoms with E-state index >= 15 is 0 Å². The van der Waals surface area contributed by atoms with Gasteiger partial charge in [-0.2, -0.15) is 0 Å². The highest BCUT2D eigenvalue weighted by Crippen LogP contribution is 2.23. The predicted molar refractivity (Wildman–Crippen MR) is 84.7 cm³/mol. The number of methoxy groups -OCH3 is 1. The molecule has 0 saturated heterocycles. The van der Waals surface area contributed by atoms with Crippen molar-refractivity contribution in [3.05, 3.63) is 63.6 Å². The molecule has 2 aromatic rings. The smallest absolute Gasteiger partial charge is 0.119 e. The zero-order valence-electron chi connectivity index (χ0n) is 11.5. The Labute approximate surface area is 129 Å². The van der Waals surface area contributed by atoms with Gasteiger partial charge in [-0.05, 0) is 42.3 Å². The molecule has 0 aromatic heterocycles. The quantitative estimate of drug-likeness (QED) is 0.852. The molecule has 106 valence electrons. The van der Waals surface area contributed by atoms with Crippen molar-refractivity contribution in [3.63, 3.8) is 0 Å². The fraction of sp³-hybridized carbons (Fsp3) is 0.250. The minimum Gasteiger partial charge on any atom is -0.497 e. The predicted octanol–water partition coefficient (Wildman–Crippen LogP) is 4.85. The van der Waals surface area contributed by atoms with Gasteiger partial charge in [0.2, 0.25) is 0 Å². The molecule has 2 nitrogen and oxygen atoms in total. The van der Waals surface area contributed by atoms with Crippen LogP contribution in [0.25, 0.3) is 0 Å². The SMILES string of the molecule is COc1cccc([C@@H](C)NCc2ccc(Cl)c(Cl)c2)c1. The standard InChI is InChI=1S/C16H17Cl2NO/c1-11(13-4-3-5-14(9-13)20-2)19-10-12-6-7-15(17)16(18)8-12/h3-9,11,19H,10H2,1-2H3/t11-/m1/s1. The summed E-state index contributed by atoms with van der Waals surface area (Å²) in [4.78, 5) is 0. The Bertz CT molecular complexity index is 586. The summed E-state index contributed by atoms with van der Waals surface area (Å²) >= 11 is 11.9. The van der Waals surface area contributed by atoms with E-state index in [0.29, 0.717) is 10.0 Å². The Morgan fingerprint density at radius 2 is 1.90 bits per heavy atom. The van der Waals surface area contributed by atoms with Gasteiger partial charge < -0.3 is 10.1 Å². The largest absolute Gasteiger partial charge is 0.497 e. The summed E-state index contributed by atoms with van der Waals surface area (Å²) in [7, 11) is 1.67. The van der Waals surface area contributed by atoms with Gasteiger partial charge in [0.15, 0.2) is 0 Å². The Kier molecular flexibility index (Phi) is 5.30. The first-order chi connectivity index (χ1) is 9.60. The monoisotopic (exact) mass is 309 g/mol.